The number of carbonyl (C=O) groups is 1. The predicted octanol–water partition coefficient (Wildman–Crippen LogP) is 3.91. The van der Waals surface area contributed by atoms with Crippen molar-refractivity contribution >= 4 is 44.0 Å². The Hall–Kier alpha value is -2.12. The minimum Gasteiger partial charge on any atom is -0.385 e. The van der Waals surface area contributed by atoms with Crippen LogP contribution in [0.3, 0.4) is 0 Å². The van der Waals surface area contributed by atoms with E-state index in [-0.39, 0.29) is 11.8 Å². The molecule has 0 fully saturated rings. The molecule has 0 spiro atoms. The minimum atomic E-state index is -0.371. The number of hydrogen-bond donors (Lipinski definition) is 0. The van der Waals surface area contributed by atoms with Gasteiger partial charge in [-0.25, -0.2) is 4.98 Å². The summed E-state index contributed by atoms with van der Waals surface area (Å²) in [5, 5.41) is 6.71. The second-order valence-electron chi connectivity index (χ2n) is 6.26. The molecule has 1 amide bonds. The van der Waals surface area contributed by atoms with Gasteiger partial charge in [-0.2, -0.15) is 10.1 Å². The van der Waals surface area contributed by atoms with Crippen molar-refractivity contribution in [3.63, 3.8) is 0 Å². The lowest BCUT2D eigenvalue weighted by Gasteiger charge is -2.12. The van der Waals surface area contributed by atoms with Crippen LogP contribution in [0.25, 0.3) is 10.2 Å². The predicted molar refractivity (Wildman–Crippen MR) is 107 cm³/mol. The molecule has 2 heterocycles. The molecule has 0 aliphatic carbocycles. The molecule has 1 atom stereocenters. The van der Waals surface area contributed by atoms with Gasteiger partial charge in [-0.15, -0.1) is 0 Å². The largest absolute Gasteiger partial charge is 0.385 e. The molecular weight excluding hydrogens is 348 g/mol. The van der Waals surface area contributed by atoms with Crippen LogP contribution >= 0.6 is 11.3 Å². The summed E-state index contributed by atoms with van der Waals surface area (Å²) in [5.74, 6) is -0.426. The molecule has 138 valence electrons. The summed E-state index contributed by atoms with van der Waals surface area (Å²) in [7, 11) is 1.68. The van der Waals surface area contributed by atoms with Crippen LogP contribution in [-0.2, 0) is 9.53 Å². The normalized spacial score (nSPS) is 18.0. The molecule has 1 aromatic heterocycles. The Morgan fingerprint density at radius 1 is 1.38 bits per heavy atom. The molecule has 0 unspecified atom stereocenters. The average molecular weight is 372 g/mol. The van der Waals surface area contributed by atoms with Gasteiger partial charge in [0.15, 0.2) is 0 Å². The Balaban J connectivity index is 1.85. The molecule has 2 aromatic rings. The van der Waals surface area contributed by atoms with Gasteiger partial charge in [-0.05, 0) is 31.9 Å². The van der Waals surface area contributed by atoms with Crippen molar-refractivity contribution in [1.82, 2.24) is 4.98 Å². The second kappa shape index (κ2) is 8.51. The van der Waals surface area contributed by atoms with E-state index >= 15 is 0 Å². The summed E-state index contributed by atoms with van der Waals surface area (Å²) in [6, 6.07) is 7.88. The zero-order valence-electron chi connectivity index (χ0n) is 15.4. The first-order valence-electron chi connectivity index (χ1n) is 8.92. The van der Waals surface area contributed by atoms with E-state index in [1.54, 1.807) is 7.11 Å². The third kappa shape index (κ3) is 3.83. The number of thiazole rings is 1. The first-order valence-corrected chi connectivity index (χ1v) is 9.74. The first-order chi connectivity index (χ1) is 12.7. The summed E-state index contributed by atoms with van der Waals surface area (Å²) < 4.78 is 6.11. The molecule has 0 bridgehead atoms. The zero-order chi connectivity index (χ0) is 18.5. The lowest BCUT2D eigenvalue weighted by Crippen LogP contribution is -2.32. The molecule has 0 N–H and O–H groups in total. The van der Waals surface area contributed by atoms with E-state index in [0.29, 0.717) is 18.3 Å². The lowest BCUT2D eigenvalue weighted by atomic mass is 9.95. The van der Waals surface area contributed by atoms with E-state index in [1.807, 2.05) is 31.2 Å². The van der Waals surface area contributed by atoms with Crippen molar-refractivity contribution in [1.29, 1.82) is 0 Å². The topological polar surface area (TPSA) is 67.2 Å². The number of nitrogens with zero attached hydrogens (tertiary/aromatic N) is 4. The zero-order valence-corrected chi connectivity index (χ0v) is 16.3. The van der Waals surface area contributed by atoms with Crippen molar-refractivity contribution in [2.45, 2.75) is 33.1 Å². The minimum absolute atomic E-state index is 0.0551. The van der Waals surface area contributed by atoms with Gasteiger partial charge >= 0.3 is 0 Å². The molecule has 7 heteroatoms. The third-order valence-electron chi connectivity index (χ3n) is 4.27. The van der Waals surface area contributed by atoms with Gasteiger partial charge in [-0.3, -0.25) is 9.79 Å². The molecule has 3 rings (SSSR count). The Bertz CT molecular complexity index is 810. The van der Waals surface area contributed by atoms with Gasteiger partial charge in [0.25, 0.3) is 5.91 Å². The standard InChI is InChI=1S/C19H24N4O2S/c1-4-8-15-17(13(2)20-11-7-12-25-3)18(24)23(22-15)19-21-14-9-5-6-10-16(14)26-19/h5-6,9-10,17H,4,7-8,11-12H2,1-3H3/t17-/m0/s1. The van der Waals surface area contributed by atoms with Gasteiger partial charge in [0.05, 0.1) is 15.9 Å². The quantitative estimate of drug-likeness (QED) is 0.521. The van der Waals surface area contributed by atoms with Crippen molar-refractivity contribution in [3.05, 3.63) is 24.3 Å². The lowest BCUT2D eigenvalue weighted by molar-refractivity contribution is -0.118. The van der Waals surface area contributed by atoms with Gasteiger partial charge in [-0.1, -0.05) is 36.8 Å². The van der Waals surface area contributed by atoms with Crippen molar-refractivity contribution in [3.8, 4) is 0 Å². The number of hydrazone groups is 1. The number of hydrogen-bond acceptors (Lipinski definition) is 6. The number of amides is 1. The highest BCUT2D eigenvalue weighted by molar-refractivity contribution is 7.22. The van der Waals surface area contributed by atoms with E-state index < -0.39 is 0 Å². The van der Waals surface area contributed by atoms with Crippen molar-refractivity contribution in [2.75, 3.05) is 25.3 Å². The fourth-order valence-corrected chi connectivity index (χ4v) is 3.94. The van der Waals surface area contributed by atoms with Crippen LogP contribution in [-0.4, -0.2) is 42.6 Å². The number of benzene rings is 1. The Labute approximate surface area is 157 Å². The molecule has 6 nitrogen and oxygen atoms in total. The highest BCUT2D eigenvalue weighted by atomic mass is 32.1. The highest BCUT2D eigenvalue weighted by Gasteiger charge is 2.39. The third-order valence-corrected chi connectivity index (χ3v) is 5.28. The number of aromatic nitrogens is 1. The second-order valence-corrected chi connectivity index (χ2v) is 7.27. The molecule has 1 aromatic carbocycles. The SMILES string of the molecule is CCCC1=NN(c2nc3ccccc3s2)C(=O)[C@H]1C(C)=NCCCOC. The first kappa shape index (κ1) is 18.7. The fraction of sp³-hybridized carbons (Fsp3) is 0.474. The fourth-order valence-electron chi connectivity index (χ4n) is 3.01. The number of anilines is 1. The number of methoxy groups -OCH3 is 1. The van der Waals surface area contributed by atoms with E-state index in [9.17, 15) is 4.79 Å². The molecule has 0 radical (unpaired) electrons. The molecule has 1 aliphatic heterocycles. The number of para-hydroxylation sites is 1. The summed E-state index contributed by atoms with van der Waals surface area (Å²) in [5.41, 5.74) is 2.59. The number of aliphatic imine (C=N–C) groups is 1. The van der Waals surface area contributed by atoms with Gasteiger partial charge in [0, 0.05) is 26.0 Å². The molecule has 0 saturated heterocycles. The van der Waals surface area contributed by atoms with Gasteiger partial charge < -0.3 is 4.74 Å². The molecular formula is C19H24N4O2S. The Morgan fingerprint density at radius 3 is 2.92 bits per heavy atom. The van der Waals surface area contributed by atoms with Crippen LogP contribution in [0.1, 0.15) is 33.1 Å². The maximum absolute atomic E-state index is 13.1. The molecule has 26 heavy (non-hydrogen) atoms. The van der Waals surface area contributed by atoms with Crippen LogP contribution in [0.4, 0.5) is 5.13 Å². The number of fused-ring (bicyclic) bond motifs is 1. The maximum Gasteiger partial charge on any atom is 0.264 e. The van der Waals surface area contributed by atoms with Crippen LogP contribution in [0, 0.1) is 5.92 Å². The summed E-state index contributed by atoms with van der Waals surface area (Å²) in [6.45, 7) is 5.34. The average Bonchev–Trinajstić information content (AvgIpc) is 3.20. The van der Waals surface area contributed by atoms with Crippen LogP contribution in [0.5, 0.6) is 0 Å². The Kier molecular flexibility index (Phi) is 6.11. The van der Waals surface area contributed by atoms with Crippen LogP contribution in [0.2, 0.25) is 0 Å². The monoisotopic (exact) mass is 372 g/mol. The van der Waals surface area contributed by atoms with Crippen molar-refractivity contribution in [2.24, 2.45) is 16.0 Å². The molecule has 0 saturated carbocycles. The number of ether oxygens (including phenoxy) is 1. The van der Waals surface area contributed by atoms with Gasteiger partial charge in [0.2, 0.25) is 5.13 Å². The maximum atomic E-state index is 13.1. The summed E-state index contributed by atoms with van der Waals surface area (Å²) >= 11 is 1.49. The highest BCUT2D eigenvalue weighted by Crippen LogP contribution is 2.33. The number of carbonyl (C=O) groups excluding carboxylic acids is 1. The summed E-state index contributed by atoms with van der Waals surface area (Å²) in [6.07, 6.45) is 2.56. The van der Waals surface area contributed by atoms with E-state index in [2.05, 4.69) is 22.0 Å². The van der Waals surface area contributed by atoms with Crippen LogP contribution in [0.15, 0.2) is 34.4 Å². The number of rotatable bonds is 8. The van der Waals surface area contributed by atoms with E-state index in [4.69, 9.17) is 4.74 Å². The Morgan fingerprint density at radius 2 is 2.19 bits per heavy atom. The smallest absolute Gasteiger partial charge is 0.264 e. The van der Waals surface area contributed by atoms with Gasteiger partial charge in [0.1, 0.15) is 5.92 Å². The molecule has 1 aliphatic rings. The van der Waals surface area contributed by atoms with Crippen molar-refractivity contribution < 1.29 is 9.53 Å². The summed E-state index contributed by atoms with van der Waals surface area (Å²) in [4.78, 5) is 22.2. The van der Waals surface area contributed by atoms with E-state index in [1.165, 1.54) is 16.3 Å². The van der Waals surface area contributed by atoms with E-state index in [0.717, 1.165) is 40.9 Å². The van der Waals surface area contributed by atoms with Crippen LogP contribution < -0.4 is 5.01 Å².